The van der Waals surface area contributed by atoms with E-state index in [9.17, 15) is 13.6 Å². The average molecular weight is 317 g/mol. The predicted molar refractivity (Wildman–Crippen MR) is 89.1 cm³/mol. The van der Waals surface area contributed by atoms with Crippen LogP contribution in [-0.4, -0.2) is 30.3 Å². The van der Waals surface area contributed by atoms with Crippen LogP contribution in [0.2, 0.25) is 0 Å². The SMILES string of the molecule is CCS(=O)(=O)C(C)C(=NO)c1ccc(-c2ccccc2)cc1. The van der Waals surface area contributed by atoms with Gasteiger partial charge in [0, 0.05) is 11.3 Å². The van der Waals surface area contributed by atoms with Crippen LogP contribution in [0, 0.1) is 0 Å². The molecule has 4 nitrogen and oxygen atoms in total. The van der Waals surface area contributed by atoms with Gasteiger partial charge in [0.2, 0.25) is 0 Å². The Morgan fingerprint density at radius 2 is 1.59 bits per heavy atom. The van der Waals surface area contributed by atoms with Crippen molar-refractivity contribution in [2.24, 2.45) is 5.16 Å². The standard InChI is InChI=1S/C17H19NO3S/c1-3-22(20,21)13(2)17(18-19)16-11-9-15(10-12-16)14-7-5-4-6-8-14/h4-13,19H,3H2,1-2H3. The number of hydrogen-bond acceptors (Lipinski definition) is 4. The van der Waals surface area contributed by atoms with Crippen molar-refractivity contribution in [2.75, 3.05) is 5.75 Å². The zero-order chi connectivity index (χ0) is 16.2. The largest absolute Gasteiger partial charge is 0.411 e. The molecule has 22 heavy (non-hydrogen) atoms. The Kier molecular flexibility index (Phi) is 4.98. The molecule has 1 atom stereocenters. The van der Waals surface area contributed by atoms with Gasteiger partial charge in [-0.05, 0) is 18.1 Å². The second kappa shape index (κ2) is 6.75. The van der Waals surface area contributed by atoms with Crippen molar-refractivity contribution in [3.8, 4) is 11.1 Å². The summed E-state index contributed by atoms with van der Waals surface area (Å²) in [6, 6.07) is 17.2. The third kappa shape index (κ3) is 3.36. The maximum Gasteiger partial charge on any atom is 0.158 e. The van der Waals surface area contributed by atoms with Gasteiger partial charge in [-0.1, -0.05) is 66.7 Å². The number of sulfone groups is 1. The maximum atomic E-state index is 12.0. The fraction of sp³-hybridized carbons (Fsp3) is 0.235. The lowest BCUT2D eigenvalue weighted by Crippen LogP contribution is -2.29. The highest BCUT2D eigenvalue weighted by atomic mass is 32.2. The highest BCUT2D eigenvalue weighted by molar-refractivity contribution is 7.92. The van der Waals surface area contributed by atoms with Crippen LogP contribution in [0.25, 0.3) is 11.1 Å². The fourth-order valence-corrected chi connectivity index (χ4v) is 3.28. The summed E-state index contributed by atoms with van der Waals surface area (Å²) in [6.45, 7) is 3.12. The molecule has 1 unspecified atom stereocenters. The molecule has 0 aromatic heterocycles. The lowest BCUT2D eigenvalue weighted by Gasteiger charge is -2.14. The number of rotatable bonds is 5. The highest BCUT2D eigenvalue weighted by Crippen LogP contribution is 2.21. The van der Waals surface area contributed by atoms with Crippen molar-refractivity contribution in [1.82, 2.24) is 0 Å². The van der Waals surface area contributed by atoms with Crippen LogP contribution in [0.15, 0.2) is 59.8 Å². The molecule has 5 heteroatoms. The number of nitrogens with zero attached hydrogens (tertiary/aromatic N) is 1. The summed E-state index contributed by atoms with van der Waals surface area (Å²) in [7, 11) is -3.31. The number of oxime groups is 1. The van der Waals surface area contributed by atoms with Crippen molar-refractivity contribution in [2.45, 2.75) is 19.1 Å². The van der Waals surface area contributed by atoms with Crippen molar-refractivity contribution in [3.63, 3.8) is 0 Å². The van der Waals surface area contributed by atoms with Crippen molar-refractivity contribution in [3.05, 3.63) is 60.2 Å². The molecule has 0 saturated carbocycles. The van der Waals surface area contributed by atoms with E-state index in [0.29, 0.717) is 5.56 Å². The van der Waals surface area contributed by atoms with E-state index in [-0.39, 0.29) is 11.5 Å². The molecule has 0 fully saturated rings. The summed E-state index contributed by atoms with van der Waals surface area (Å²) >= 11 is 0. The number of hydrogen-bond donors (Lipinski definition) is 1. The van der Waals surface area contributed by atoms with Crippen LogP contribution in [0.3, 0.4) is 0 Å². The first-order valence-electron chi connectivity index (χ1n) is 7.09. The summed E-state index contributed by atoms with van der Waals surface area (Å²) < 4.78 is 23.9. The smallest absolute Gasteiger partial charge is 0.158 e. The molecule has 0 radical (unpaired) electrons. The molecule has 0 bridgehead atoms. The van der Waals surface area contributed by atoms with Gasteiger partial charge in [-0.15, -0.1) is 0 Å². The van der Waals surface area contributed by atoms with Gasteiger partial charge in [0.15, 0.2) is 9.84 Å². The van der Waals surface area contributed by atoms with Gasteiger partial charge < -0.3 is 5.21 Å². The molecule has 116 valence electrons. The normalized spacial score (nSPS) is 13.8. The summed E-state index contributed by atoms with van der Waals surface area (Å²) in [5.74, 6) is 0.00921. The quantitative estimate of drug-likeness (QED) is 0.522. The zero-order valence-corrected chi connectivity index (χ0v) is 13.4. The van der Waals surface area contributed by atoms with Crippen LogP contribution >= 0.6 is 0 Å². The van der Waals surface area contributed by atoms with Gasteiger partial charge >= 0.3 is 0 Å². The van der Waals surface area contributed by atoms with Gasteiger partial charge in [0.05, 0.1) is 0 Å². The van der Waals surface area contributed by atoms with E-state index in [0.717, 1.165) is 11.1 Å². The minimum atomic E-state index is -3.31. The van der Waals surface area contributed by atoms with Gasteiger partial charge in [0.1, 0.15) is 11.0 Å². The lowest BCUT2D eigenvalue weighted by molar-refractivity contribution is 0.318. The van der Waals surface area contributed by atoms with Crippen molar-refractivity contribution in [1.29, 1.82) is 0 Å². The molecular weight excluding hydrogens is 298 g/mol. The van der Waals surface area contributed by atoms with Gasteiger partial charge in [-0.2, -0.15) is 0 Å². The summed E-state index contributed by atoms with van der Waals surface area (Å²) in [5.41, 5.74) is 2.87. The molecule has 0 spiro atoms. The Bertz CT molecular complexity index is 750. The maximum absolute atomic E-state index is 12.0. The number of benzene rings is 2. The van der Waals surface area contributed by atoms with E-state index >= 15 is 0 Å². The van der Waals surface area contributed by atoms with Crippen LogP contribution in [0.5, 0.6) is 0 Å². The van der Waals surface area contributed by atoms with E-state index in [1.165, 1.54) is 0 Å². The zero-order valence-electron chi connectivity index (χ0n) is 12.6. The minimum absolute atomic E-state index is 0.00921. The molecular formula is C17H19NO3S. The van der Waals surface area contributed by atoms with E-state index in [1.807, 2.05) is 42.5 Å². The van der Waals surface area contributed by atoms with Crippen LogP contribution < -0.4 is 0 Å². The summed E-state index contributed by atoms with van der Waals surface area (Å²) in [4.78, 5) is 0. The van der Waals surface area contributed by atoms with E-state index in [1.54, 1.807) is 26.0 Å². The first kappa shape index (κ1) is 16.2. The fourth-order valence-electron chi connectivity index (χ4n) is 2.26. The third-order valence-electron chi connectivity index (χ3n) is 3.72. The van der Waals surface area contributed by atoms with Crippen LogP contribution in [0.1, 0.15) is 19.4 Å². The Morgan fingerprint density at radius 3 is 2.09 bits per heavy atom. The molecule has 0 heterocycles. The molecule has 2 rings (SSSR count). The third-order valence-corrected chi connectivity index (χ3v) is 5.83. The first-order chi connectivity index (χ1) is 10.5. The second-order valence-corrected chi connectivity index (χ2v) is 7.63. The molecule has 0 saturated heterocycles. The van der Waals surface area contributed by atoms with Gasteiger partial charge in [0.25, 0.3) is 0 Å². The van der Waals surface area contributed by atoms with Crippen LogP contribution in [0.4, 0.5) is 0 Å². The Hall–Kier alpha value is -2.14. The first-order valence-corrected chi connectivity index (χ1v) is 8.80. The van der Waals surface area contributed by atoms with E-state index in [4.69, 9.17) is 0 Å². The average Bonchev–Trinajstić information content (AvgIpc) is 2.57. The Balaban J connectivity index is 2.33. The van der Waals surface area contributed by atoms with Crippen molar-refractivity contribution >= 4 is 15.5 Å². The van der Waals surface area contributed by atoms with Gasteiger partial charge in [-0.25, -0.2) is 8.42 Å². The van der Waals surface area contributed by atoms with E-state index < -0.39 is 15.1 Å². The topological polar surface area (TPSA) is 66.7 Å². The lowest BCUT2D eigenvalue weighted by atomic mass is 10.0. The summed E-state index contributed by atoms with van der Waals surface area (Å²) in [5, 5.41) is 11.6. The molecule has 0 aliphatic heterocycles. The van der Waals surface area contributed by atoms with Crippen LogP contribution in [-0.2, 0) is 9.84 Å². The molecule has 0 aliphatic rings. The molecule has 0 aliphatic carbocycles. The Labute approximate surface area is 131 Å². The Morgan fingerprint density at radius 1 is 1.05 bits per heavy atom. The predicted octanol–water partition coefficient (Wildman–Crippen LogP) is 3.36. The minimum Gasteiger partial charge on any atom is -0.411 e. The van der Waals surface area contributed by atoms with Gasteiger partial charge in [-0.3, -0.25) is 0 Å². The molecule has 2 aromatic rings. The monoisotopic (exact) mass is 317 g/mol. The van der Waals surface area contributed by atoms with Crippen molar-refractivity contribution < 1.29 is 13.6 Å². The summed E-state index contributed by atoms with van der Waals surface area (Å²) in [6.07, 6.45) is 0. The van der Waals surface area contributed by atoms with E-state index in [2.05, 4.69) is 5.16 Å². The molecule has 0 amide bonds. The molecule has 1 N–H and O–H groups in total. The second-order valence-electron chi connectivity index (χ2n) is 5.02. The highest BCUT2D eigenvalue weighted by Gasteiger charge is 2.26. The molecule has 2 aromatic carbocycles.